The molecule has 0 amide bonds. The number of benzene rings is 1. The Labute approximate surface area is 260 Å². The minimum absolute atomic E-state index is 0.00551. The minimum Gasteiger partial charge on any atom is -0.508 e. The van der Waals surface area contributed by atoms with Gasteiger partial charge in [-0.3, -0.25) is 0 Å². The Morgan fingerprint density at radius 3 is 2.19 bits per heavy atom. The van der Waals surface area contributed by atoms with Crippen molar-refractivity contribution in [3.63, 3.8) is 0 Å². The zero-order valence-electron chi connectivity index (χ0n) is 26.3. The van der Waals surface area contributed by atoms with E-state index in [1.807, 2.05) is 12.1 Å². The van der Waals surface area contributed by atoms with E-state index in [-0.39, 0.29) is 12.5 Å². The van der Waals surface area contributed by atoms with Crippen molar-refractivity contribution in [3.05, 3.63) is 29.3 Å². The third-order valence-corrected chi connectivity index (χ3v) is 12.5. The molecule has 0 bridgehead atoms. The molecule has 0 heterocycles. The van der Waals surface area contributed by atoms with Gasteiger partial charge in [0.05, 0.1) is 6.10 Å². The highest BCUT2D eigenvalue weighted by Gasteiger charge is 2.64. The van der Waals surface area contributed by atoms with Crippen molar-refractivity contribution in [2.75, 3.05) is 18.6 Å². The average Bonchev–Trinajstić information content (AvgIpc) is 3.70. The lowest BCUT2D eigenvalue weighted by atomic mass is 9.60. The first-order valence-corrected chi connectivity index (χ1v) is 18.0. The van der Waals surface area contributed by atoms with Crippen molar-refractivity contribution < 1.29 is 31.8 Å². The molecule has 0 radical (unpaired) electrons. The van der Waals surface area contributed by atoms with Crippen LogP contribution in [0.1, 0.15) is 146 Å². The molecule has 43 heavy (non-hydrogen) atoms. The van der Waals surface area contributed by atoms with Crippen LogP contribution >= 0.6 is 11.8 Å². The first-order valence-electron chi connectivity index (χ1n) is 16.8. The van der Waals surface area contributed by atoms with Gasteiger partial charge >= 0.3 is 12.1 Å². The van der Waals surface area contributed by atoms with E-state index in [1.165, 1.54) is 80.7 Å². The van der Waals surface area contributed by atoms with E-state index in [0.717, 1.165) is 56.6 Å². The predicted octanol–water partition coefficient (Wildman–Crippen LogP) is 11.8. The maximum atomic E-state index is 12.9. The van der Waals surface area contributed by atoms with Gasteiger partial charge in [-0.05, 0) is 122 Å². The number of phenols is 1. The Morgan fingerprint density at radius 1 is 0.884 bits per heavy atom. The zero-order chi connectivity index (χ0) is 31.1. The molecule has 0 aromatic heterocycles. The van der Waals surface area contributed by atoms with Crippen LogP contribution in [-0.4, -0.2) is 35.8 Å². The molecule has 1 N–H and O–H groups in total. The number of rotatable bonds is 18. The SMILES string of the molecule is CO[C@H](CCCCCCCCCCSCCCC(F)(F)C(F)(F)F)c1cc(O)ccc1C1CC[C@@]2(C)C(CCC23CC3)C1. The molecule has 1 spiro atoms. The maximum Gasteiger partial charge on any atom is 0.453 e. The lowest BCUT2D eigenvalue weighted by molar-refractivity contribution is -0.284. The van der Waals surface area contributed by atoms with Crippen molar-refractivity contribution >= 4 is 11.8 Å². The summed E-state index contributed by atoms with van der Waals surface area (Å²) in [6.45, 7) is 2.58. The molecular formula is C35H53F5O2S. The topological polar surface area (TPSA) is 29.5 Å². The standard InChI is InChI=1S/C35H53F5O2S/c1-32-18-15-26(24-27(32)16-19-33(32)20-21-33)29-14-13-28(41)25-30(29)31(42-2)12-9-7-5-3-4-6-8-10-22-43-23-11-17-34(36,37)35(38,39)40/h13-14,25-27,31,41H,3-12,15-24H2,1-2H3/t26?,27?,31-,32+/m1/s1. The molecule has 3 aliphatic carbocycles. The van der Waals surface area contributed by atoms with Gasteiger partial charge in [0.25, 0.3) is 0 Å². The fraction of sp³-hybridized carbons (Fsp3) is 0.829. The number of phenolic OH excluding ortho intramolecular Hbond substituents is 1. The van der Waals surface area contributed by atoms with Crippen molar-refractivity contribution in [3.8, 4) is 5.75 Å². The largest absolute Gasteiger partial charge is 0.508 e. The second-order valence-electron chi connectivity index (χ2n) is 14.0. The van der Waals surface area contributed by atoms with Crippen LogP contribution in [0.3, 0.4) is 0 Å². The molecule has 3 aliphatic rings. The van der Waals surface area contributed by atoms with Crippen LogP contribution in [0, 0.1) is 16.7 Å². The van der Waals surface area contributed by atoms with E-state index in [4.69, 9.17) is 4.74 Å². The quantitative estimate of drug-likeness (QED) is 0.129. The monoisotopic (exact) mass is 632 g/mol. The van der Waals surface area contributed by atoms with E-state index in [0.29, 0.717) is 28.3 Å². The third-order valence-electron chi connectivity index (χ3n) is 11.4. The van der Waals surface area contributed by atoms with Gasteiger partial charge in [-0.25, -0.2) is 0 Å². The summed E-state index contributed by atoms with van der Waals surface area (Å²) in [6, 6.07) is 5.97. The summed E-state index contributed by atoms with van der Waals surface area (Å²) in [5, 5.41) is 10.4. The van der Waals surface area contributed by atoms with Gasteiger partial charge in [0, 0.05) is 13.5 Å². The van der Waals surface area contributed by atoms with Crippen molar-refractivity contribution in [2.24, 2.45) is 16.7 Å². The summed E-state index contributed by atoms with van der Waals surface area (Å²) in [5.74, 6) is -1.72. The molecule has 2 unspecified atom stereocenters. The van der Waals surface area contributed by atoms with Crippen LogP contribution in [0.25, 0.3) is 0 Å². The first-order chi connectivity index (χ1) is 20.4. The normalized spacial score (nSPS) is 25.7. The molecule has 3 saturated carbocycles. The van der Waals surface area contributed by atoms with Crippen LogP contribution in [-0.2, 0) is 4.74 Å². The molecule has 2 nitrogen and oxygen atoms in total. The number of methoxy groups -OCH3 is 1. The van der Waals surface area contributed by atoms with Gasteiger partial charge in [0.1, 0.15) is 5.75 Å². The Kier molecular flexibility index (Phi) is 12.2. The molecule has 4 rings (SSSR count). The molecule has 0 aliphatic heterocycles. The van der Waals surface area contributed by atoms with Crippen molar-refractivity contribution in [1.29, 1.82) is 0 Å². The summed E-state index contributed by atoms with van der Waals surface area (Å²) < 4.78 is 68.4. The first kappa shape index (κ1) is 34.8. The smallest absolute Gasteiger partial charge is 0.453 e. The fourth-order valence-corrected chi connectivity index (χ4v) is 9.33. The van der Waals surface area contributed by atoms with E-state index >= 15 is 0 Å². The number of alkyl halides is 5. The number of hydrogen-bond acceptors (Lipinski definition) is 3. The molecular weight excluding hydrogens is 579 g/mol. The second-order valence-corrected chi connectivity index (χ2v) is 15.2. The van der Waals surface area contributed by atoms with Crippen LogP contribution in [0.15, 0.2) is 18.2 Å². The highest BCUT2D eigenvalue weighted by molar-refractivity contribution is 7.99. The van der Waals surface area contributed by atoms with Gasteiger partial charge in [0.2, 0.25) is 0 Å². The van der Waals surface area contributed by atoms with Crippen LogP contribution in [0.5, 0.6) is 5.75 Å². The summed E-state index contributed by atoms with van der Waals surface area (Å²) in [5.41, 5.74) is 3.76. The number of thioether (sulfide) groups is 1. The number of hydrogen-bond donors (Lipinski definition) is 1. The second kappa shape index (κ2) is 15.0. The van der Waals surface area contributed by atoms with Crippen molar-refractivity contribution in [2.45, 2.75) is 147 Å². The summed E-state index contributed by atoms with van der Waals surface area (Å²) in [4.78, 5) is 0. The van der Waals surface area contributed by atoms with Gasteiger partial charge in [0.15, 0.2) is 0 Å². The number of halogens is 5. The predicted molar refractivity (Wildman–Crippen MR) is 166 cm³/mol. The maximum absolute atomic E-state index is 12.9. The molecule has 1 aromatic carbocycles. The Morgan fingerprint density at radius 2 is 1.53 bits per heavy atom. The van der Waals surface area contributed by atoms with Crippen LogP contribution in [0.2, 0.25) is 0 Å². The highest BCUT2D eigenvalue weighted by atomic mass is 32.2. The minimum atomic E-state index is -5.44. The zero-order valence-corrected chi connectivity index (χ0v) is 27.1. The molecule has 246 valence electrons. The Balaban J connectivity index is 1.09. The van der Waals surface area contributed by atoms with E-state index in [2.05, 4.69) is 13.0 Å². The van der Waals surface area contributed by atoms with E-state index in [9.17, 15) is 27.1 Å². The molecule has 0 saturated heterocycles. The van der Waals surface area contributed by atoms with Gasteiger partial charge in [-0.2, -0.15) is 33.7 Å². The fourth-order valence-electron chi connectivity index (χ4n) is 8.37. The number of fused-ring (bicyclic) bond motifs is 2. The average molecular weight is 633 g/mol. The summed E-state index contributed by atoms with van der Waals surface area (Å²) in [6.07, 6.45) is 12.7. The van der Waals surface area contributed by atoms with E-state index in [1.54, 1.807) is 7.11 Å². The lowest BCUT2D eigenvalue weighted by Gasteiger charge is -2.45. The van der Waals surface area contributed by atoms with E-state index < -0.39 is 18.5 Å². The highest BCUT2D eigenvalue weighted by Crippen LogP contribution is 2.74. The molecule has 4 atom stereocenters. The third kappa shape index (κ3) is 8.62. The summed E-state index contributed by atoms with van der Waals surface area (Å²) >= 11 is 1.47. The van der Waals surface area contributed by atoms with Crippen LogP contribution in [0.4, 0.5) is 22.0 Å². The van der Waals surface area contributed by atoms with Gasteiger partial charge in [-0.1, -0.05) is 57.9 Å². The number of ether oxygens (including phenoxy) is 1. The van der Waals surface area contributed by atoms with Crippen LogP contribution < -0.4 is 0 Å². The summed E-state index contributed by atoms with van der Waals surface area (Å²) in [7, 11) is 1.79. The number of aromatic hydroxyl groups is 1. The molecule has 3 fully saturated rings. The molecule has 8 heteroatoms. The Hall–Kier alpha value is -1.02. The van der Waals surface area contributed by atoms with Gasteiger partial charge < -0.3 is 9.84 Å². The van der Waals surface area contributed by atoms with Gasteiger partial charge in [-0.15, -0.1) is 0 Å². The Bertz CT molecular complexity index is 1010. The van der Waals surface area contributed by atoms with Crippen molar-refractivity contribution in [1.82, 2.24) is 0 Å². The number of unbranched alkanes of at least 4 members (excludes halogenated alkanes) is 7. The molecule has 1 aromatic rings. The lowest BCUT2D eigenvalue weighted by Crippen LogP contribution is -2.36.